The van der Waals surface area contributed by atoms with Gasteiger partial charge in [0.25, 0.3) is 5.91 Å². The summed E-state index contributed by atoms with van der Waals surface area (Å²) >= 11 is 0. The second kappa shape index (κ2) is 13.2. The van der Waals surface area contributed by atoms with E-state index in [4.69, 9.17) is 0 Å². The highest BCUT2D eigenvalue weighted by Crippen LogP contribution is 2.36. The number of benzene rings is 3. The maximum Gasteiger partial charge on any atom is 0.357 e. The minimum absolute atomic E-state index is 0.0861. The van der Waals surface area contributed by atoms with Crippen LogP contribution >= 0.6 is 0 Å². The molecule has 0 spiro atoms. The van der Waals surface area contributed by atoms with Gasteiger partial charge in [-0.05, 0) is 107 Å². The second-order valence-electron chi connectivity index (χ2n) is 9.64. The molecule has 0 bridgehead atoms. The maximum absolute atomic E-state index is 12.7. The minimum Gasteiger partial charge on any atom is -0.476 e. The van der Waals surface area contributed by atoms with Crippen LogP contribution in [0, 0.1) is 0 Å². The highest BCUT2D eigenvalue weighted by atomic mass is 16.4. The largest absolute Gasteiger partial charge is 0.476 e. The fourth-order valence-electron chi connectivity index (χ4n) is 5.10. The lowest BCUT2D eigenvalue weighted by Gasteiger charge is -2.28. The van der Waals surface area contributed by atoms with Crippen molar-refractivity contribution in [2.24, 2.45) is 5.10 Å². The molecule has 41 heavy (non-hydrogen) atoms. The van der Waals surface area contributed by atoms with Gasteiger partial charge in [0.2, 0.25) is 0 Å². The summed E-state index contributed by atoms with van der Waals surface area (Å²) in [6, 6.07) is 24.9. The van der Waals surface area contributed by atoms with Crippen molar-refractivity contribution in [3.63, 3.8) is 0 Å². The van der Waals surface area contributed by atoms with Crippen molar-refractivity contribution in [1.82, 2.24) is 5.01 Å². The van der Waals surface area contributed by atoms with Crippen molar-refractivity contribution in [2.45, 2.75) is 34.6 Å². The normalized spacial score (nSPS) is 13.9. The number of carboxylic acid groups (broad SMARTS) is 1. The molecule has 3 aromatic carbocycles. The summed E-state index contributed by atoms with van der Waals surface area (Å²) in [6.45, 7) is 14.4. The number of amides is 1. The minimum atomic E-state index is -1.22. The van der Waals surface area contributed by atoms with E-state index < -0.39 is 11.9 Å². The summed E-state index contributed by atoms with van der Waals surface area (Å²) in [7, 11) is 0. The van der Waals surface area contributed by atoms with Crippen molar-refractivity contribution < 1.29 is 14.7 Å². The van der Waals surface area contributed by atoms with E-state index in [-0.39, 0.29) is 11.3 Å². The number of likely N-dealkylation sites (N-methyl/N-ethyl adjacent to an activating group) is 1. The average Bonchev–Trinajstić information content (AvgIpc) is 3.32. The molecule has 0 fully saturated rings. The Morgan fingerprint density at radius 3 is 1.46 bits per heavy atom. The molecule has 8 nitrogen and oxygen atoms in total. The molecule has 8 heteroatoms. The number of hydrogen-bond donors (Lipinski definition) is 1. The first-order valence-corrected chi connectivity index (χ1v) is 14.3. The fraction of sp³-hybridized carbons (Fsp3) is 0.303. The molecular weight excluding hydrogens is 514 g/mol. The highest BCUT2D eigenvalue weighted by molar-refractivity contribution is 6.51. The first-order valence-electron chi connectivity index (χ1n) is 14.3. The van der Waals surface area contributed by atoms with E-state index in [1.807, 2.05) is 24.3 Å². The second-order valence-corrected chi connectivity index (χ2v) is 9.64. The molecule has 0 radical (unpaired) electrons. The van der Waals surface area contributed by atoms with Gasteiger partial charge in [0, 0.05) is 61.2 Å². The van der Waals surface area contributed by atoms with Gasteiger partial charge in [0.15, 0.2) is 5.71 Å². The summed E-state index contributed by atoms with van der Waals surface area (Å²) in [5.41, 5.74) is 5.91. The molecule has 0 unspecified atom stereocenters. The van der Waals surface area contributed by atoms with E-state index in [9.17, 15) is 14.7 Å². The Hall–Kier alpha value is -4.59. The van der Waals surface area contributed by atoms with Crippen molar-refractivity contribution in [1.29, 1.82) is 0 Å². The lowest BCUT2D eigenvalue weighted by atomic mass is 10.1. The molecule has 1 heterocycles. The molecule has 4 rings (SSSR count). The number of carboxylic acids is 1. The monoisotopic (exact) mass is 553 g/mol. The van der Waals surface area contributed by atoms with E-state index >= 15 is 0 Å². The molecule has 0 aromatic heterocycles. The maximum atomic E-state index is 12.7. The van der Waals surface area contributed by atoms with Gasteiger partial charge in [-0.1, -0.05) is 12.1 Å². The van der Waals surface area contributed by atoms with Crippen LogP contribution < -0.4 is 14.7 Å². The van der Waals surface area contributed by atoms with E-state index in [1.165, 1.54) is 16.4 Å². The van der Waals surface area contributed by atoms with Gasteiger partial charge in [-0.15, -0.1) is 0 Å². The summed E-state index contributed by atoms with van der Waals surface area (Å²) in [5, 5.41) is 14.7. The Bertz CT molecular complexity index is 1350. The van der Waals surface area contributed by atoms with E-state index in [2.05, 4.69) is 96.0 Å². The predicted octanol–water partition coefficient (Wildman–Crippen LogP) is 6.53. The zero-order valence-corrected chi connectivity index (χ0v) is 24.5. The van der Waals surface area contributed by atoms with E-state index in [0.29, 0.717) is 6.54 Å². The van der Waals surface area contributed by atoms with Crippen molar-refractivity contribution in [3.8, 4) is 0 Å². The van der Waals surface area contributed by atoms with E-state index in [0.717, 1.165) is 48.8 Å². The van der Waals surface area contributed by atoms with Crippen LogP contribution in [0.15, 0.2) is 83.5 Å². The van der Waals surface area contributed by atoms with Gasteiger partial charge in [-0.2, -0.15) is 5.10 Å². The number of aliphatic carboxylic acids is 1. The summed E-state index contributed by atoms with van der Waals surface area (Å²) in [6.07, 6.45) is 1.59. The predicted molar refractivity (Wildman–Crippen MR) is 169 cm³/mol. The summed E-state index contributed by atoms with van der Waals surface area (Å²) in [5.74, 6) is -1.62. The zero-order chi connectivity index (χ0) is 29.5. The number of hydrazone groups is 1. The molecular formula is C33H39N5O3. The van der Waals surface area contributed by atoms with Crippen LogP contribution in [0.1, 0.15) is 40.2 Å². The van der Waals surface area contributed by atoms with Crippen molar-refractivity contribution in [3.05, 3.63) is 83.9 Å². The lowest BCUT2D eigenvalue weighted by Crippen LogP contribution is -2.22. The first kappa shape index (κ1) is 29.4. The topological polar surface area (TPSA) is 79.7 Å². The molecule has 1 aliphatic heterocycles. The lowest BCUT2D eigenvalue weighted by molar-refractivity contribution is -0.129. The van der Waals surface area contributed by atoms with Crippen molar-refractivity contribution in [2.75, 3.05) is 47.4 Å². The van der Waals surface area contributed by atoms with Crippen molar-refractivity contribution >= 4 is 52.1 Å². The van der Waals surface area contributed by atoms with Crippen LogP contribution in [-0.2, 0) is 9.59 Å². The molecule has 0 atom stereocenters. The first-order chi connectivity index (χ1) is 19.8. The third-order valence-electron chi connectivity index (χ3n) is 7.38. The number of carbonyl (C=O) groups excluding carboxylic acids is 1. The zero-order valence-electron chi connectivity index (χ0n) is 24.5. The highest BCUT2D eigenvalue weighted by Gasteiger charge is 2.33. The number of rotatable bonds is 12. The SMILES string of the molecule is CCN1N=C(C(=O)O)C(=Cc2ccc(N(c3ccc(N(CC)CC)cc3)c3ccc(N(CC)CC)cc3)cc2)C1=O. The van der Waals surface area contributed by atoms with Gasteiger partial charge < -0.3 is 19.8 Å². The summed E-state index contributed by atoms with van der Waals surface area (Å²) in [4.78, 5) is 31.2. The third-order valence-corrected chi connectivity index (χ3v) is 7.38. The molecule has 1 amide bonds. The van der Waals surface area contributed by atoms with Crippen LogP contribution in [-0.4, -0.2) is 60.4 Å². The summed E-state index contributed by atoms with van der Waals surface area (Å²) < 4.78 is 0. The van der Waals surface area contributed by atoms with Crippen LogP contribution in [0.4, 0.5) is 28.4 Å². The van der Waals surface area contributed by atoms with Crippen LogP contribution in [0.3, 0.4) is 0 Å². The Morgan fingerprint density at radius 2 is 1.10 bits per heavy atom. The number of anilines is 5. The van der Waals surface area contributed by atoms with Gasteiger partial charge in [0.1, 0.15) is 0 Å². The molecule has 0 saturated carbocycles. The molecule has 1 N–H and O–H groups in total. The van der Waals surface area contributed by atoms with Gasteiger partial charge in [-0.3, -0.25) is 4.79 Å². The average molecular weight is 554 g/mol. The Labute approximate surface area is 242 Å². The smallest absolute Gasteiger partial charge is 0.357 e. The molecule has 0 saturated heterocycles. The number of carbonyl (C=O) groups is 2. The number of nitrogens with zero attached hydrogens (tertiary/aromatic N) is 5. The Morgan fingerprint density at radius 1 is 0.707 bits per heavy atom. The van der Waals surface area contributed by atoms with Crippen LogP contribution in [0.25, 0.3) is 6.08 Å². The molecule has 1 aliphatic rings. The van der Waals surface area contributed by atoms with Crippen LogP contribution in [0.2, 0.25) is 0 Å². The van der Waals surface area contributed by atoms with Crippen LogP contribution in [0.5, 0.6) is 0 Å². The third kappa shape index (κ3) is 6.27. The fourth-order valence-corrected chi connectivity index (χ4v) is 5.10. The number of hydrogen-bond acceptors (Lipinski definition) is 6. The molecule has 214 valence electrons. The standard InChI is InChI=1S/C33H39N5O3/c1-6-35(7-2)25-15-19-28(20-16-25)38(29-21-17-26(18-22-29)36(8-3)9-4)27-13-11-24(12-14-27)23-30-31(33(40)41)34-37(10-5)32(30)39/h11-23H,6-10H2,1-5H3,(H,40,41). The Kier molecular flexibility index (Phi) is 9.45. The molecule has 3 aromatic rings. The molecule has 0 aliphatic carbocycles. The van der Waals surface area contributed by atoms with Gasteiger partial charge in [0.05, 0.1) is 5.57 Å². The quantitative estimate of drug-likeness (QED) is 0.257. The van der Waals surface area contributed by atoms with E-state index in [1.54, 1.807) is 13.0 Å². The van der Waals surface area contributed by atoms with Gasteiger partial charge >= 0.3 is 5.97 Å². The van der Waals surface area contributed by atoms with Gasteiger partial charge in [-0.25, -0.2) is 9.80 Å². The Balaban J connectivity index is 1.72.